The summed E-state index contributed by atoms with van der Waals surface area (Å²) in [5, 5.41) is 3.36. The summed E-state index contributed by atoms with van der Waals surface area (Å²) in [6, 6.07) is 0.282. The van der Waals surface area contributed by atoms with Crippen LogP contribution in [0.4, 0.5) is 0 Å². The SMILES string of the molecule is O=C1C=CC=C2NC3CC=CC=C3[C]=C12. The van der Waals surface area contributed by atoms with E-state index in [9.17, 15) is 4.79 Å². The van der Waals surface area contributed by atoms with E-state index in [1.807, 2.05) is 18.2 Å². The molecule has 2 aliphatic carbocycles. The molecule has 0 bridgehead atoms. The smallest absolute Gasteiger partial charge is 0.188 e. The van der Waals surface area contributed by atoms with Gasteiger partial charge in [0.05, 0.1) is 11.6 Å². The number of hydrogen-bond acceptors (Lipinski definition) is 2. The third-order valence-electron chi connectivity index (χ3n) is 2.78. The molecule has 0 aromatic carbocycles. The van der Waals surface area contributed by atoms with Crippen molar-refractivity contribution >= 4 is 5.78 Å². The summed E-state index contributed by atoms with van der Waals surface area (Å²) in [6.45, 7) is 0. The lowest BCUT2D eigenvalue weighted by molar-refractivity contribution is -0.111. The molecule has 73 valence electrons. The van der Waals surface area contributed by atoms with Crippen LogP contribution in [0.25, 0.3) is 0 Å². The number of hydrogen-bond donors (Lipinski definition) is 1. The number of nitrogens with one attached hydrogen (secondary N) is 1. The summed E-state index contributed by atoms with van der Waals surface area (Å²) in [7, 11) is 0. The average molecular weight is 196 g/mol. The molecule has 0 aromatic heterocycles. The highest BCUT2D eigenvalue weighted by Gasteiger charge is 2.26. The maximum atomic E-state index is 11.6. The van der Waals surface area contributed by atoms with Gasteiger partial charge in [-0.15, -0.1) is 0 Å². The van der Waals surface area contributed by atoms with E-state index in [0.29, 0.717) is 5.57 Å². The highest BCUT2D eigenvalue weighted by Crippen LogP contribution is 2.26. The van der Waals surface area contributed by atoms with E-state index in [2.05, 4.69) is 17.5 Å². The number of fused-ring (bicyclic) bond motifs is 2. The fourth-order valence-electron chi connectivity index (χ4n) is 2.01. The normalized spacial score (nSPS) is 27.1. The molecule has 1 radical (unpaired) electrons. The Kier molecular flexibility index (Phi) is 1.75. The van der Waals surface area contributed by atoms with E-state index in [1.165, 1.54) is 0 Å². The Bertz CT molecular complexity index is 475. The van der Waals surface area contributed by atoms with Crippen molar-refractivity contribution < 1.29 is 4.79 Å². The van der Waals surface area contributed by atoms with Crippen LogP contribution in [0.1, 0.15) is 6.42 Å². The standard InChI is InChI=1S/C13H10NO/c15-13-7-3-6-12-10(13)8-9-4-1-2-5-11(9)14-12/h1-4,6-7,11,14H,5H2. The molecule has 2 nitrogen and oxygen atoms in total. The molecule has 3 aliphatic rings. The topological polar surface area (TPSA) is 29.1 Å². The second kappa shape index (κ2) is 3.09. The minimum Gasteiger partial charge on any atom is -0.377 e. The van der Waals surface area contributed by atoms with Gasteiger partial charge in [-0.2, -0.15) is 0 Å². The van der Waals surface area contributed by atoms with Crippen molar-refractivity contribution in [3.63, 3.8) is 0 Å². The minimum absolute atomic E-state index is 0.0360. The van der Waals surface area contributed by atoms with E-state index in [1.54, 1.807) is 12.2 Å². The summed E-state index contributed by atoms with van der Waals surface area (Å²) in [5.74, 6) is 0.0360. The van der Waals surface area contributed by atoms with E-state index in [0.717, 1.165) is 17.7 Å². The first kappa shape index (κ1) is 8.48. The maximum Gasteiger partial charge on any atom is 0.188 e. The first-order valence-electron chi connectivity index (χ1n) is 5.05. The molecule has 1 unspecified atom stereocenters. The number of ketones is 1. The average Bonchev–Trinajstić information content (AvgIpc) is 2.27. The van der Waals surface area contributed by atoms with Gasteiger partial charge in [-0.3, -0.25) is 4.79 Å². The molecule has 0 aromatic rings. The van der Waals surface area contributed by atoms with Crippen LogP contribution in [0.3, 0.4) is 0 Å². The predicted molar refractivity (Wildman–Crippen MR) is 57.7 cm³/mol. The van der Waals surface area contributed by atoms with Gasteiger partial charge in [-0.25, -0.2) is 0 Å². The van der Waals surface area contributed by atoms with Gasteiger partial charge in [0.25, 0.3) is 0 Å². The molecule has 0 fully saturated rings. The molecule has 0 spiro atoms. The van der Waals surface area contributed by atoms with Crippen LogP contribution < -0.4 is 5.32 Å². The molecular weight excluding hydrogens is 186 g/mol. The first-order valence-corrected chi connectivity index (χ1v) is 5.05. The Labute approximate surface area is 88.4 Å². The second-order valence-electron chi connectivity index (χ2n) is 3.79. The molecule has 15 heavy (non-hydrogen) atoms. The lowest BCUT2D eigenvalue weighted by Gasteiger charge is -2.29. The van der Waals surface area contributed by atoms with Gasteiger partial charge in [0.1, 0.15) is 0 Å². The molecule has 1 heterocycles. The van der Waals surface area contributed by atoms with Gasteiger partial charge in [0.2, 0.25) is 0 Å². The molecular formula is C13H10NO. The van der Waals surface area contributed by atoms with Crippen molar-refractivity contribution in [1.29, 1.82) is 0 Å². The van der Waals surface area contributed by atoms with Crippen LogP contribution >= 0.6 is 0 Å². The Morgan fingerprint density at radius 3 is 3.20 bits per heavy atom. The largest absolute Gasteiger partial charge is 0.377 e. The fraction of sp³-hybridized carbons (Fsp3) is 0.154. The predicted octanol–water partition coefficient (Wildman–Crippen LogP) is 1.60. The van der Waals surface area contributed by atoms with Crippen LogP contribution in [0.15, 0.2) is 53.3 Å². The Morgan fingerprint density at radius 1 is 1.33 bits per heavy atom. The zero-order valence-corrected chi connectivity index (χ0v) is 8.16. The second-order valence-corrected chi connectivity index (χ2v) is 3.79. The molecule has 1 aliphatic heterocycles. The van der Waals surface area contributed by atoms with Crippen LogP contribution in [-0.2, 0) is 4.79 Å². The lowest BCUT2D eigenvalue weighted by atomic mass is 9.88. The molecule has 0 saturated heterocycles. The van der Waals surface area contributed by atoms with Gasteiger partial charge in [0, 0.05) is 11.8 Å². The highest BCUT2D eigenvalue weighted by molar-refractivity contribution is 6.08. The molecule has 0 saturated carbocycles. The Morgan fingerprint density at radius 2 is 2.27 bits per heavy atom. The molecule has 1 atom stereocenters. The zero-order chi connectivity index (χ0) is 10.3. The zero-order valence-electron chi connectivity index (χ0n) is 8.16. The third kappa shape index (κ3) is 1.30. The van der Waals surface area contributed by atoms with E-state index in [-0.39, 0.29) is 11.8 Å². The van der Waals surface area contributed by atoms with Crippen molar-refractivity contribution in [2.24, 2.45) is 0 Å². The van der Waals surface area contributed by atoms with E-state index < -0.39 is 0 Å². The van der Waals surface area contributed by atoms with Crippen molar-refractivity contribution in [2.75, 3.05) is 0 Å². The first-order chi connectivity index (χ1) is 7.34. The van der Waals surface area contributed by atoms with Crippen LogP contribution in [0.5, 0.6) is 0 Å². The summed E-state index contributed by atoms with van der Waals surface area (Å²) < 4.78 is 0. The van der Waals surface area contributed by atoms with Gasteiger partial charge in [-0.05, 0) is 24.1 Å². The van der Waals surface area contributed by atoms with Crippen molar-refractivity contribution in [3.8, 4) is 0 Å². The van der Waals surface area contributed by atoms with Gasteiger partial charge in [-0.1, -0.05) is 24.3 Å². The summed E-state index contributed by atoms with van der Waals surface area (Å²) in [4.78, 5) is 11.6. The molecule has 2 heteroatoms. The third-order valence-corrected chi connectivity index (χ3v) is 2.78. The number of carbonyl (C=O) groups is 1. The monoisotopic (exact) mass is 196 g/mol. The van der Waals surface area contributed by atoms with Crippen LogP contribution in [-0.4, -0.2) is 11.8 Å². The number of rotatable bonds is 0. The number of carbonyl (C=O) groups excluding carboxylic acids is 1. The lowest BCUT2D eigenvalue weighted by Crippen LogP contribution is -2.36. The van der Waals surface area contributed by atoms with Gasteiger partial charge in [0.15, 0.2) is 5.78 Å². The highest BCUT2D eigenvalue weighted by atomic mass is 16.1. The quantitative estimate of drug-likeness (QED) is 0.637. The number of allylic oxidation sites excluding steroid dienone is 6. The van der Waals surface area contributed by atoms with Crippen LogP contribution in [0.2, 0.25) is 0 Å². The van der Waals surface area contributed by atoms with Crippen molar-refractivity contribution in [2.45, 2.75) is 12.5 Å². The van der Waals surface area contributed by atoms with E-state index in [4.69, 9.17) is 0 Å². The summed E-state index contributed by atoms with van der Waals surface area (Å²) in [6.07, 6.45) is 15.6. The Hall–Kier alpha value is -1.83. The fourth-order valence-corrected chi connectivity index (χ4v) is 2.01. The molecule has 1 N–H and O–H groups in total. The summed E-state index contributed by atoms with van der Waals surface area (Å²) >= 11 is 0. The minimum atomic E-state index is 0.0360. The van der Waals surface area contributed by atoms with Gasteiger partial charge < -0.3 is 5.32 Å². The molecule has 0 amide bonds. The van der Waals surface area contributed by atoms with E-state index >= 15 is 0 Å². The maximum absolute atomic E-state index is 11.6. The Balaban J connectivity index is 2.09. The van der Waals surface area contributed by atoms with Crippen molar-refractivity contribution in [1.82, 2.24) is 5.32 Å². The molecule has 3 rings (SSSR count). The van der Waals surface area contributed by atoms with Crippen molar-refractivity contribution in [3.05, 3.63) is 59.4 Å². The van der Waals surface area contributed by atoms with Gasteiger partial charge >= 0.3 is 0 Å². The van der Waals surface area contributed by atoms with Crippen LogP contribution in [0, 0.1) is 6.08 Å². The summed E-state index contributed by atoms with van der Waals surface area (Å²) in [5.41, 5.74) is 2.64.